The van der Waals surface area contributed by atoms with Gasteiger partial charge in [-0.1, -0.05) is 12.1 Å². The number of halogens is 1. The minimum absolute atomic E-state index is 0.155. The Bertz CT molecular complexity index is 600. The van der Waals surface area contributed by atoms with Crippen LogP contribution in [0.15, 0.2) is 29.6 Å². The van der Waals surface area contributed by atoms with Crippen molar-refractivity contribution in [1.29, 1.82) is 0 Å². The normalized spacial score (nSPS) is 14.3. The SMILES string of the molecule is O=C(c1csc(I)c1)c1ccc2c(c1)CCCC2. The average Bonchev–Trinajstić information content (AvgIpc) is 2.84. The van der Waals surface area contributed by atoms with Crippen LogP contribution in [0.25, 0.3) is 0 Å². The molecule has 2 aromatic rings. The molecule has 0 fully saturated rings. The fourth-order valence-electron chi connectivity index (χ4n) is 2.47. The number of hydrogen-bond donors (Lipinski definition) is 0. The Labute approximate surface area is 124 Å². The first kappa shape index (κ1) is 12.4. The molecule has 1 heterocycles. The van der Waals surface area contributed by atoms with Crippen molar-refractivity contribution in [1.82, 2.24) is 0 Å². The third-order valence-electron chi connectivity index (χ3n) is 3.44. The number of aryl methyl sites for hydroxylation is 2. The van der Waals surface area contributed by atoms with Crippen LogP contribution in [0.1, 0.15) is 39.9 Å². The van der Waals surface area contributed by atoms with Crippen molar-refractivity contribution in [2.24, 2.45) is 0 Å². The van der Waals surface area contributed by atoms with E-state index in [2.05, 4.69) is 34.7 Å². The fourth-order valence-corrected chi connectivity index (χ4v) is 3.80. The van der Waals surface area contributed by atoms with Gasteiger partial charge < -0.3 is 0 Å². The number of thiophene rings is 1. The maximum atomic E-state index is 12.3. The van der Waals surface area contributed by atoms with Crippen molar-refractivity contribution in [2.45, 2.75) is 25.7 Å². The summed E-state index contributed by atoms with van der Waals surface area (Å²) in [6, 6.07) is 8.18. The molecule has 0 radical (unpaired) electrons. The van der Waals surface area contributed by atoms with E-state index in [-0.39, 0.29) is 5.78 Å². The lowest BCUT2D eigenvalue weighted by Gasteiger charge is -2.16. The summed E-state index contributed by atoms with van der Waals surface area (Å²) in [6.45, 7) is 0. The van der Waals surface area contributed by atoms with E-state index in [4.69, 9.17) is 0 Å². The largest absolute Gasteiger partial charge is 0.289 e. The number of fused-ring (bicyclic) bond motifs is 1. The van der Waals surface area contributed by atoms with Gasteiger partial charge in [-0.2, -0.15) is 0 Å². The molecule has 0 spiro atoms. The first-order valence-electron chi connectivity index (χ1n) is 6.14. The number of ketones is 1. The van der Waals surface area contributed by atoms with E-state index < -0.39 is 0 Å². The third-order valence-corrected chi connectivity index (χ3v) is 5.23. The highest BCUT2D eigenvalue weighted by Crippen LogP contribution is 2.25. The molecule has 0 saturated carbocycles. The first-order valence-corrected chi connectivity index (χ1v) is 8.10. The molecule has 0 aliphatic heterocycles. The van der Waals surface area contributed by atoms with Crippen LogP contribution < -0.4 is 0 Å². The van der Waals surface area contributed by atoms with E-state index in [1.54, 1.807) is 11.3 Å². The molecule has 1 aromatic heterocycles. The predicted molar refractivity (Wildman–Crippen MR) is 83.6 cm³/mol. The number of carbonyl (C=O) groups excluding carboxylic acids is 1. The smallest absolute Gasteiger partial charge is 0.193 e. The van der Waals surface area contributed by atoms with Crippen LogP contribution in [0, 0.1) is 2.88 Å². The van der Waals surface area contributed by atoms with E-state index in [9.17, 15) is 4.79 Å². The molecule has 1 aromatic carbocycles. The van der Waals surface area contributed by atoms with Crippen LogP contribution in [-0.4, -0.2) is 5.78 Å². The molecule has 0 unspecified atom stereocenters. The molecule has 0 bridgehead atoms. The minimum atomic E-state index is 0.155. The molecule has 3 rings (SSSR count). The molecule has 1 aliphatic carbocycles. The zero-order valence-electron chi connectivity index (χ0n) is 9.91. The Kier molecular flexibility index (Phi) is 3.52. The van der Waals surface area contributed by atoms with Gasteiger partial charge in [-0.25, -0.2) is 0 Å². The predicted octanol–water partition coefficient (Wildman–Crippen LogP) is 4.46. The Morgan fingerprint density at radius 3 is 2.56 bits per heavy atom. The van der Waals surface area contributed by atoms with Crippen molar-refractivity contribution in [3.8, 4) is 0 Å². The van der Waals surface area contributed by atoms with Crippen molar-refractivity contribution in [2.75, 3.05) is 0 Å². The molecule has 1 nitrogen and oxygen atoms in total. The molecular formula is C15H13IOS. The van der Waals surface area contributed by atoms with Crippen molar-refractivity contribution >= 4 is 39.7 Å². The molecule has 18 heavy (non-hydrogen) atoms. The van der Waals surface area contributed by atoms with E-state index in [1.807, 2.05) is 17.5 Å². The maximum Gasteiger partial charge on any atom is 0.193 e. The van der Waals surface area contributed by atoms with Gasteiger partial charge in [0, 0.05) is 16.5 Å². The first-order chi connectivity index (χ1) is 8.74. The summed E-state index contributed by atoms with van der Waals surface area (Å²) < 4.78 is 1.16. The van der Waals surface area contributed by atoms with Crippen molar-refractivity contribution in [3.63, 3.8) is 0 Å². The molecule has 0 atom stereocenters. The second-order valence-corrected chi connectivity index (χ2v) is 7.46. The summed E-state index contributed by atoms with van der Waals surface area (Å²) in [5, 5.41) is 1.95. The number of hydrogen-bond acceptors (Lipinski definition) is 2. The van der Waals surface area contributed by atoms with Crippen LogP contribution >= 0.6 is 33.9 Å². The van der Waals surface area contributed by atoms with Crippen LogP contribution in [0.5, 0.6) is 0 Å². The summed E-state index contributed by atoms with van der Waals surface area (Å²) in [6.07, 6.45) is 4.82. The quantitative estimate of drug-likeness (QED) is 0.565. The molecule has 0 amide bonds. The van der Waals surface area contributed by atoms with Gasteiger partial charge in [-0.3, -0.25) is 4.79 Å². The fraction of sp³-hybridized carbons (Fsp3) is 0.267. The Morgan fingerprint density at radius 2 is 1.83 bits per heavy atom. The number of carbonyl (C=O) groups is 1. The van der Waals surface area contributed by atoms with Gasteiger partial charge in [0.05, 0.1) is 2.88 Å². The Morgan fingerprint density at radius 1 is 1.06 bits per heavy atom. The van der Waals surface area contributed by atoms with Crippen LogP contribution in [-0.2, 0) is 12.8 Å². The van der Waals surface area contributed by atoms with Crippen molar-refractivity contribution in [3.05, 3.63) is 54.8 Å². The lowest BCUT2D eigenvalue weighted by Crippen LogP contribution is -2.06. The topological polar surface area (TPSA) is 17.1 Å². The highest BCUT2D eigenvalue weighted by Gasteiger charge is 2.15. The summed E-state index contributed by atoms with van der Waals surface area (Å²) in [5.41, 5.74) is 4.46. The highest BCUT2D eigenvalue weighted by atomic mass is 127. The van der Waals surface area contributed by atoms with Crippen molar-refractivity contribution < 1.29 is 4.79 Å². The van der Waals surface area contributed by atoms with Gasteiger partial charge in [-0.15, -0.1) is 11.3 Å². The summed E-state index contributed by atoms with van der Waals surface area (Å²) in [5.74, 6) is 0.155. The highest BCUT2D eigenvalue weighted by molar-refractivity contribution is 14.1. The monoisotopic (exact) mass is 368 g/mol. The average molecular weight is 368 g/mol. The van der Waals surface area contributed by atoms with Gasteiger partial charge in [0.2, 0.25) is 0 Å². The molecule has 0 saturated heterocycles. The van der Waals surface area contributed by atoms with Gasteiger partial charge in [0.25, 0.3) is 0 Å². The van der Waals surface area contributed by atoms with Gasteiger partial charge >= 0.3 is 0 Å². The summed E-state index contributed by atoms with van der Waals surface area (Å²) >= 11 is 3.88. The number of benzene rings is 1. The lowest BCUT2D eigenvalue weighted by molar-refractivity contribution is 0.103. The second kappa shape index (κ2) is 5.13. The van der Waals surface area contributed by atoms with Crippen LogP contribution in [0.2, 0.25) is 0 Å². The second-order valence-electron chi connectivity index (χ2n) is 4.66. The van der Waals surface area contributed by atoms with E-state index in [1.165, 1.54) is 30.4 Å². The van der Waals surface area contributed by atoms with Crippen LogP contribution in [0.4, 0.5) is 0 Å². The summed E-state index contributed by atoms with van der Waals surface area (Å²) in [7, 11) is 0. The Hall–Kier alpha value is -0.680. The van der Waals surface area contributed by atoms with E-state index >= 15 is 0 Å². The molecule has 1 aliphatic rings. The van der Waals surface area contributed by atoms with Gasteiger partial charge in [0.15, 0.2) is 5.78 Å². The standard InChI is InChI=1S/C15H13IOS/c16-14-8-13(9-18-14)15(17)12-6-5-10-3-1-2-4-11(10)7-12/h5-9H,1-4H2. The zero-order chi connectivity index (χ0) is 12.5. The molecule has 0 N–H and O–H groups in total. The summed E-state index contributed by atoms with van der Waals surface area (Å²) in [4.78, 5) is 12.3. The zero-order valence-corrected chi connectivity index (χ0v) is 12.9. The third kappa shape index (κ3) is 2.38. The number of rotatable bonds is 2. The van der Waals surface area contributed by atoms with Gasteiger partial charge in [-0.05, 0) is 71.5 Å². The Balaban J connectivity index is 1.95. The molecule has 3 heteroatoms. The van der Waals surface area contributed by atoms with E-state index in [0.717, 1.165) is 20.4 Å². The van der Waals surface area contributed by atoms with E-state index in [0.29, 0.717) is 0 Å². The molecular weight excluding hydrogens is 355 g/mol. The lowest BCUT2D eigenvalue weighted by atomic mass is 9.89. The molecule has 92 valence electrons. The maximum absolute atomic E-state index is 12.3. The minimum Gasteiger partial charge on any atom is -0.289 e. The van der Waals surface area contributed by atoms with Gasteiger partial charge in [0.1, 0.15) is 0 Å². The van der Waals surface area contributed by atoms with Crippen LogP contribution in [0.3, 0.4) is 0 Å².